The van der Waals surface area contributed by atoms with E-state index in [0.29, 0.717) is 37.7 Å². The van der Waals surface area contributed by atoms with Crippen LogP contribution in [0.5, 0.6) is 0 Å². The van der Waals surface area contributed by atoms with Crippen LogP contribution in [-0.4, -0.2) is 69.2 Å². The number of fused-ring (bicyclic) bond motifs is 4. The molecule has 4 atom stereocenters. The van der Waals surface area contributed by atoms with E-state index in [2.05, 4.69) is 20.2 Å². The zero-order valence-corrected chi connectivity index (χ0v) is 16.7. The summed E-state index contributed by atoms with van der Waals surface area (Å²) in [5.41, 5.74) is 0.511. The molecule has 8 nitrogen and oxygen atoms in total. The lowest BCUT2D eigenvalue weighted by Crippen LogP contribution is -2.67. The molecule has 0 radical (unpaired) electrons. The number of imidazole rings is 1. The second-order valence-corrected chi connectivity index (χ2v) is 9.13. The Balaban J connectivity index is 1.35. The highest BCUT2D eigenvalue weighted by Crippen LogP contribution is 2.41. The summed E-state index contributed by atoms with van der Waals surface area (Å²) in [4.78, 5) is 49.1. The first-order valence-electron chi connectivity index (χ1n) is 11.0. The molecular formula is C21H29N5O3. The molecule has 2 bridgehead atoms. The average molecular weight is 399 g/mol. The zero-order chi connectivity index (χ0) is 20.0. The Kier molecular flexibility index (Phi) is 4.80. The number of aromatic nitrogens is 2. The summed E-state index contributed by atoms with van der Waals surface area (Å²) in [6, 6.07) is 0.154. The van der Waals surface area contributed by atoms with Gasteiger partial charge in [-0.1, -0.05) is 6.42 Å². The van der Waals surface area contributed by atoms with Gasteiger partial charge in [0.2, 0.25) is 11.8 Å². The van der Waals surface area contributed by atoms with E-state index >= 15 is 0 Å². The minimum atomic E-state index is -0.0231. The molecular weight excluding hydrogens is 370 g/mol. The third-order valence-electron chi connectivity index (χ3n) is 7.47. The van der Waals surface area contributed by atoms with Gasteiger partial charge in [0.1, 0.15) is 5.69 Å². The van der Waals surface area contributed by atoms with E-state index in [1.54, 1.807) is 6.20 Å². The quantitative estimate of drug-likeness (QED) is 0.794. The van der Waals surface area contributed by atoms with Crippen LogP contribution in [0.15, 0.2) is 12.5 Å². The summed E-state index contributed by atoms with van der Waals surface area (Å²) in [5, 5.41) is 3.13. The van der Waals surface area contributed by atoms with E-state index < -0.39 is 0 Å². The van der Waals surface area contributed by atoms with Crippen LogP contribution in [0.2, 0.25) is 0 Å². The van der Waals surface area contributed by atoms with Crippen molar-refractivity contribution < 1.29 is 14.4 Å². The lowest BCUT2D eigenvalue weighted by atomic mass is 9.72. The van der Waals surface area contributed by atoms with Gasteiger partial charge in [0.15, 0.2) is 0 Å². The molecule has 8 heteroatoms. The summed E-state index contributed by atoms with van der Waals surface area (Å²) < 4.78 is 0. The Hall–Kier alpha value is -2.38. The van der Waals surface area contributed by atoms with Crippen LogP contribution in [0.25, 0.3) is 0 Å². The number of aromatic amines is 1. The Bertz CT molecular complexity index is 790. The number of hydrogen-bond donors (Lipinski definition) is 2. The van der Waals surface area contributed by atoms with E-state index in [9.17, 15) is 14.4 Å². The molecule has 1 aromatic heterocycles. The minimum absolute atomic E-state index is 0.0227. The number of H-pyrrole nitrogens is 1. The van der Waals surface area contributed by atoms with Crippen molar-refractivity contribution in [1.82, 2.24) is 25.1 Å². The number of amides is 3. The van der Waals surface area contributed by atoms with Gasteiger partial charge in [-0.2, -0.15) is 0 Å². The van der Waals surface area contributed by atoms with Gasteiger partial charge < -0.3 is 20.1 Å². The predicted octanol–water partition coefficient (Wildman–Crippen LogP) is 1.17. The van der Waals surface area contributed by atoms with Crippen LogP contribution in [0.1, 0.15) is 55.4 Å². The smallest absolute Gasteiger partial charge is 0.271 e. The number of rotatable bonds is 4. The summed E-state index contributed by atoms with van der Waals surface area (Å²) in [6.45, 7) is 1.81. The number of likely N-dealkylation sites (tertiary alicyclic amines) is 1. The average Bonchev–Trinajstić information content (AvgIpc) is 3.21. The fraction of sp³-hybridized carbons (Fsp3) is 0.714. The maximum absolute atomic E-state index is 12.9. The summed E-state index contributed by atoms with van der Waals surface area (Å²) >= 11 is 0. The highest BCUT2D eigenvalue weighted by Gasteiger charge is 2.50. The topological polar surface area (TPSA) is 98.4 Å². The molecule has 4 aliphatic rings. The van der Waals surface area contributed by atoms with Crippen LogP contribution in [0.4, 0.5) is 0 Å². The molecule has 3 amide bonds. The Morgan fingerprint density at radius 2 is 2.00 bits per heavy atom. The lowest BCUT2D eigenvalue weighted by molar-refractivity contribution is -0.152. The molecule has 1 saturated carbocycles. The monoisotopic (exact) mass is 399 g/mol. The van der Waals surface area contributed by atoms with Gasteiger partial charge in [-0.25, -0.2) is 4.98 Å². The summed E-state index contributed by atoms with van der Waals surface area (Å²) in [5.74, 6) is 0.964. The zero-order valence-electron chi connectivity index (χ0n) is 16.7. The van der Waals surface area contributed by atoms with Crippen molar-refractivity contribution in [3.8, 4) is 0 Å². The van der Waals surface area contributed by atoms with Gasteiger partial charge in [0.25, 0.3) is 5.91 Å². The van der Waals surface area contributed by atoms with Crippen molar-refractivity contribution in [2.75, 3.05) is 19.6 Å². The van der Waals surface area contributed by atoms with Crippen LogP contribution in [0.3, 0.4) is 0 Å². The van der Waals surface area contributed by atoms with Crippen LogP contribution < -0.4 is 5.32 Å². The SMILES string of the molecule is O=C(NC[C@H]1[C@H]2C[C@H](CN(C(=O)c3cnc[nH]3)C2)[C@@H]2CCCC(=O)N21)C1CCC1. The Morgan fingerprint density at radius 1 is 1.17 bits per heavy atom. The molecule has 156 valence electrons. The molecule has 5 rings (SSSR count). The van der Waals surface area contributed by atoms with Crippen LogP contribution in [-0.2, 0) is 9.59 Å². The van der Waals surface area contributed by atoms with Crippen molar-refractivity contribution in [2.24, 2.45) is 17.8 Å². The highest BCUT2D eigenvalue weighted by molar-refractivity contribution is 5.92. The number of nitrogens with one attached hydrogen (secondary N) is 2. The van der Waals surface area contributed by atoms with Gasteiger partial charge in [0, 0.05) is 38.0 Å². The fourth-order valence-corrected chi connectivity index (χ4v) is 5.77. The first-order chi connectivity index (χ1) is 14.1. The molecule has 4 heterocycles. The Morgan fingerprint density at radius 3 is 2.72 bits per heavy atom. The van der Waals surface area contributed by atoms with Crippen molar-refractivity contribution in [3.05, 3.63) is 18.2 Å². The molecule has 1 aliphatic carbocycles. The third-order valence-corrected chi connectivity index (χ3v) is 7.47. The van der Waals surface area contributed by atoms with Gasteiger partial charge in [-0.15, -0.1) is 0 Å². The van der Waals surface area contributed by atoms with E-state index in [1.165, 1.54) is 6.33 Å². The molecule has 3 saturated heterocycles. The van der Waals surface area contributed by atoms with Crippen molar-refractivity contribution in [2.45, 2.75) is 57.0 Å². The van der Waals surface area contributed by atoms with E-state index in [4.69, 9.17) is 0 Å². The standard InChI is InChI=1S/C21H29N5O3/c27-19-6-2-5-17-14-7-15(11-25(10-14)21(29)16-8-22-12-24-16)18(26(17)19)9-23-20(28)13-3-1-4-13/h8,12-15,17-18H,1-7,9-11H2,(H,22,24)(H,23,28)/t14-,15+,17+,18+/m1/s1. The van der Waals surface area contributed by atoms with Crippen molar-refractivity contribution >= 4 is 17.7 Å². The molecule has 0 spiro atoms. The molecule has 0 unspecified atom stereocenters. The first kappa shape index (κ1) is 18.6. The van der Waals surface area contributed by atoms with Gasteiger partial charge >= 0.3 is 0 Å². The van der Waals surface area contributed by atoms with Crippen LogP contribution in [0, 0.1) is 17.8 Å². The molecule has 4 fully saturated rings. The lowest BCUT2D eigenvalue weighted by Gasteiger charge is -2.56. The van der Waals surface area contributed by atoms with E-state index in [0.717, 1.165) is 38.5 Å². The number of carbonyl (C=O) groups excluding carboxylic acids is 3. The largest absolute Gasteiger partial charge is 0.354 e. The maximum Gasteiger partial charge on any atom is 0.271 e. The fourth-order valence-electron chi connectivity index (χ4n) is 5.77. The van der Waals surface area contributed by atoms with Crippen molar-refractivity contribution in [1.29, 1.82) is 0 Å². The second kappa shape index (κ2) is 7.46. The summed E-state index contributed by atoms with van der Waals surface area (Å²) in [7, 11) is 0. The number of piperidine rings is 3. The molecule has 1 aromatic rings. The van der Waals surface area contributed by atoms with E-state index in [1.807, 2.05) is 4.90 Å². The van der Waals surface area contributed by atoms with Crippen molar-refractivity contribution in [3.63, 3.8) is 0 Å². The normalized spacial score (nSPS) is 31.8. The number of nitrogens with zero attached hydrogens (tertiary/aromatic N) is 3. The van der Waals surface area contributed by atoms with Crippen LogP contribution >= 0.6 is 0 Å². The van der Waals surface area contributed by atoms with Gasteiger partial charge in [0.05, 0.1) is 18.6 Å². The first-order valence-corrected chi connectivity index (χ1v) is 11.0. The maximum atomic E-state index is 12.9. The molecule has 29 heavy (non-hydrogen) atoms. The number of carbonyl (C=O) groups is 3. The highest BCUT2D eigenvalue weighted by atomic mass is 16.2. The second-order valence-electron chi connectivity index (χ2n) is 9.13. The third kappa shape index (κ3) is 3.32. The Labute approximate surface area is 170 Å². The molecule has 0 aromatic carbocycles. The summed E-state index contributed by atoms with van der Waals surface area (Å²) in [6.07, 6.45) is 9.69. The predicted molar refractivity (Wildman–Crippen MR) is 105 cm³/mol. The minimum Gasteiger partial charge on any atom is -0.354 e. The van der Waals surface area contributed by atoms with Gasteiger partial charge in [-0.05, 0) is 43.9 Å². The molecule has 2 N–H and O–H groups in total. The van der Waals surface area contributed by atoms with E-state index in [-0.39, 0.29) is 41.6 Å². The van der Waals surface area contributed by atoms with Gasteiger partial charge in [-0.3, -0.25) is 14.4 Å². The number of hydrogen-bond acceptors (Lipinski definition) is 4. The molecule has 3 aliphatic heterocycles.